The van der Waals surface area contributed by atoms with Crippen LogP contribution in [-0.2, 0) is 5.75 Å². The van der Waals surface area contributed by atoms with Crippen molar-refractivity contribution in [2.75, 3.05) is 0 Å². The number of carboxylic acid groups (broad SMARTS) is 1. The molecule has 0 aliphatic heterocycles. The standard InChI is InChI=1S/C12H10O2S2/c13-12(14)11-9(6-7-15-11)8-16-10-4-2-1-3-5-10/h1-7H,8H2,(H,13,14). The second kappa shape index (κ2) is 5.18. The Kier molecular flexibility index (Phi) is 3.64. The van der Waals surface area contributed by atoms with Crippen LogP contribution in [-0.4, -0.2) is 11.1 Å². The van der Waals surface area contributed by atoms with Gasteiger partial charge in [-0.1, -0.05) is 18.2 Å². The van der Waals surface area contributed by atoms with Crippen LogP contribution in [0.4, 0.5) is 0 Å². The van der Waals surface area contributed by atoms with Crippen molar-refractivity contribution in [2.45, 2.75) is 10.6 Å². The second-order valence-electron chi connectivity index (χ2n) is 3.18. The van der Waals surface area contributed by atoms with Gasteiger partial charge < -0.3 is 5.11 Å². The lowest BCUT2D eigenvalue weighted by Gasteiger charge is -2.00. The molecule has 0 aliphatic rings. The topological polar surface area (TPSA) is 37.3 Å². The molecule has 0 atom stereocenters. The highest BCUT2D eigenvalue weighted by atomic mass is 32.2. The first kappa shape index (κ1) is 11.2. The minimum Gasteiger partial charge on any atom is -0.477 e. The van der Waals surface area contributed by atoms with Crippen molar-refractivity contribution in [1.82, 2.24) is 0 Å². The van der Waals surface area contributed by atoms with Crippen LogP contribution in [0, 0.1) is 0 Å². The van der Waals surface area contributed by atoms with E-state index in [1.165, 1.54) is 11.3 Å². The van der Waals surface area contributed by atoms with Crippen LogP contribution in [0.25, 0.3) is 0 Å². The van der Waals surface area contributed by atoms with Crippen molar-refractivity contribution in [3.05, 3.63) is 52.2 Å². The molecule has 2 nitrogen and oxygen atoms in total. The molecule has 0 radical (unpaired) electrons. The SMILES string of the molecule is O=C(O)c1sccc1CSc1ccccc1. The fourth-order valence-electron chi connectivity index (χ4n) is 1.31. The van der Waals surface area contributed by atoms with E-state index in [0.29, 0.717) is 10.6 Å². The van der Waals surface area contributed by atoms with Gasteiger partial charge in [-0.05, 0) is 29.1 Å². The Labute approximate surface area is 102 Å². The highest BCUT2D eigenvalue weighted by molar-refractivity contribution is 7.98. The Hall–Kier alpha value is -1.26. The molecular formula is C12H10O2S2. The number of hydrogen-bond donors (Lipinski definition) is 1. The fraction of sp³-hybridized carbons (Fsp3) is 0.0833. The van der Waals surface area contributed by atoms with Crippen molar-refractivity contribution >= 4 is 29.1 Å². The molecule has 0 bridgehead atoms. The van der Waals surface area contributed by atoms with Crippen LogP contribution in [0.1, 0.15) is 15.2 Å². The number of benzene rings is 1. The van der Waals surface area contributed by atoms with Crippen LogP contribution in [0.5, 0.6) is 0 Å². The summed E-state index contributed by atoms with van der Waals surface area (Å²) in [6, 6.07) is 11.9. The highest BCUT2D eigenvalue weighted by Crippen LogP contribution is 2.26. The normalized spacial score (nSPS) is 10.2. The Morgan fingerprint density at radius 3 is 2.69 bits per heavy atom. The average molecular weight is 250 g/mol. The molecule has 0 unspecified atom stereocenters. The molecule has 16 heavy (non-hydrogen) atoms. The maximum atomic E-state index is 10.9. The Bertz CT molecular complexity index is 477. The lowest BCUT2D eigenvalue weighted by atomic mass is 10.3. The van der Waals surface area contributed by atoms with Crippen LogP contribution >= 0.6 is 23.1 Å². The van der Waals surface area contributed by atoms with Gasteiger partial charge >= 0.3 is 5.97 Å². The summed E-state index contributed by atoms with van der Waals surface area (Å²) in [6.07, 6.45) is 0. The molecule has 1 aromatic carbocycles. The number of thioether (sulfide) groups is 1. The van der Waals surface area contributed by atoms with Gasteiger partial charge in [-0.25, -0.2) is 4.79 Å². The molecule has 1 heterocycles. The van der Waals surface area contributed by atoms with Gasteiger partial charge in [0.2, 0.25) is 0 Å². The van der Waals surface area contributed by atoms with Crippen LogP contribution < -0.4 is 0 Å². The smallest absolute Gasteiger partial charge is 0.346 e. The minimum absolute atomic E-state index is 0.448. The third kappa shape index (κ3) is 2.65. The van der Waals surface area contributed by atoms with Crippen molar-refractivity contribution in [3.8, 4) is 0 Å². The lowest BCUT2D eigenvalue weighted by Crippen LogP contribution is -1.95. The molecule has 0 aliphatic carbocycles. The van der Waals surface area contributed by atoms with E-state index in [0.717, 1.165) is 10.5 Å². The van der Waals surface area contributed by atoms with Gasteiger partial charge in [-0.3, -0.25) is 0 Å². The Morgan fingerprint density at radius 2 is 2.00 bits per heavy atom. The van der Waals surface area contributed by atoms with E-state index in [1.807, 2.05) is 41.8 Å². The minimum atomic E-state index is -0.835. The summed E-state index contributed by atoms with van der Waals surface area (Å²) >= 11 is 2.93. The van der Waals surface area contributed by atoms with E-state index in [2.05, 4.69) is 0 Å². The zero-order chi connectivity index (χ0) is 11.4. The van der Waals surface area contributed by atoms with Crippen LogP contribution in [0.2, 0.25) is 0 Å². The van der Waals surface area contributed by atoms with E-state index >= 15 is 0 Å². The van der Waals surface area contributed by atoms with Gasteiger partial charge in [-0.15, -0.1) is 23.1 Å². The average Bonchev–Trinajstić information content (AvgIpc) is 2.76. The molecule has 1 N–H and O–H groups in total. The molecule has 0 saturated heterocycles. The first-order chi connectivity index (χ1) is 7.77. The number of carbonyl (C=O) groups is 1. The molecule has 2 rings (SSSR count). The molecule has 1 aromatic heterocycles. The van der Waals surface area contributed by atoms with Gasteiger partial charge in [0.05, 0.1) is 0 Å². The van der Waals surface area contributed by atoms with Gasteiger partial charge in [-0.2, -0.15) is 0 Å². The Morgan fingerprint density at radius 1 is 1.25 bits per heavy atom. The molecule has 0 saturated carbocycles. The van der Waals surface area contributed by atoms with E-state index in [1.54, 1.807) is 11.8 Å². The zero-order valence-electron chi connectivity index (χ0n) is 8.42. The number of thiophene rings is 1. The molecule has 82 valence electrons. The van der Waals surface area contributed by atoms with Crippen LogP contribution in [0.15, 0.2) is 46.7 Å². The third-order valence-corrected chi connectivity index (χ3v) is 4.08. The largest absolute Gasteiger partial charge is 0.477 e. The van der Waals surface area contributed by atoms with E-state index in [9.17, 15) is 4.79 Å². The number of rotatable bonds is 4. The first-order valence-corrected chi connectivity index (χ1v) is 6.61. The van der Waals surface area contributed by atoms with E-state index in [-0.39, 0.29) is 0 Å². The van der Waals surface area contributed by atoms with Gasteiger partial charge in [0.15, 0.2) is 0 Å². The predicted molar refractivity (Wildman–Crippen MR) is 67.3 cm³/mol. The molecular weight excluding hydrogens is 240 g/mol. The van der Waals surface area contributed by atoms with Crippen molar-refractivity contribution in [1.29, 1.82) is 0 Å². The van der Waals surface area contributed by atoms with Crippen molar-refractivity contribution in [2.24, 2.45) is 0 Å². The Balaban J connectivity index is 2.05. The quantitative estimate of drug-likeness (QED) is 0.840. The van der Waals surface area contributed by atoms with Gasteiger partial charge in [0.1, 0.15) is 4.88 Å². The molecule has 0 fully saturated rings. The van der Waals surface area contributed by atoms with Crippen molar-refractivity contribution in [3.63, 3.8) is 0 Å². The summed E-state index contributed by atoms with van der Waals surface area (Å²) in [5.74, 6) is -0.131. The summed E-state index contributed by atoms with van der Waals surface area (Å²) in [4.78, 5) is 12.5. The van der Waals surface area contributed by atoms with E-state index in [4.69, 9.17) is 5.11 Å². The molecule has 2 aromatic rings. The second-order valence-corrected chi connectivity index (χ2v) is 5.15. The number of aromatic carboxylic acids is 1. The number of carboxylic acids is 1. The van der Waals surface area contributed by atoms with Crippen molar-refractivity contribution < 1.29 is 9.90 Å². The fourth-order valence-corrected chi connectivity index (χ4v) is 3.08. The first-order valence-electron chi connectivity index (χ1n) is 4.75. The summed E-state index contributed by atoms with van der Waals surface area (Å²) in [6.45, 7) is 0. The third-order valence-electron chi connectivity index (χ3n) is 2.08. The maximum Gasteiger partial charge on any atom is 0.346 e. The predicted octanol–water partition coefficient (Wildman–Crippen LogP) is 3.74. The number of hydrogen-bond acceptors (Lipinski definition) is 3. The lowest BCUT2D eigenvalue weighted by molar-refractivity contribution is 0.0701. The summed E-state index contributed by atoms with van der Waals surface area (Å²) in [7, 11) is 0. The highest BCUT2D eigenvalue weighted by Gasteiger charge is 2.11. The maximum absolute atomic E-state index is 10.9. The van der Waals surface area contributed by atoms with E-state index < -0.39 is 5.97 Å². The summed E-state index contributed by atoms with van der Waals surface area (Å²) in [5, 5.41) is 10.8. The molecule has 0 amide bonds. The van der Waals surface area contributed by atoms with Crippen LogP contribution in [0.3, 0.4) is 0 Å². The van der Waals surface area contributed by atoms with Gasteiger partial charge in [0.25, 0.3) is 0 Å². The molecule has 0 spiro atoms. The summed E-state index contributed by atoms with van der Waals surface area (Å²) in [5.41, 5.74) is 0.895. The molecule has 4 heteroatoms. The summed E-state index contributed by atoms with van der Waals surface area (Å²) < 4.78 is 0. The van der Waals surface area contributed by atoms with Gasteiger partial charge in [0, 0.05) is 10.6 Å². The monoisotopic (exact) mass is 250 g/mol. The zero-order valence-corrected chi connectivity index (χ0v) is 10.1.